The lowest BCUT2D eigenvalue weighted by Gasteiger charge is -2.34. The standard InChI is InChI=1S/C9H18N4O3/c10-5-8(12-1-3-15-8)7(14)9(6-11)13-2-4-16-9/h12-13H,1-6,10-11H2/t8-,9-/m0/s1. The molecule has 0 spiro atoms. The normalized spacial score (nSPS) is 39.1. The lowest BCUT2D eigenvalue weighted by atomic mass is 9.98. The van der Waals surface area contributed by atoms with Gasteiger partial charge in [-0.3, -0.25) is 15.4 Å². The van der Waals surface area contributed by atoms with Crippen molar-refractivity contribution in [3.63, 3.8) is 0 Å². The van der Waals surface area contributed by atoms with E-state index in [1.807, 2.05) is 0 Å². The molecule has 92 valence electrons. The van der Waals surface area contributed by atoms with E-state index in [4.69, 9.17) is 20.9 Å². The van der Waals surface area contributed by atoms with E-state index in [1.54, 1.807) is 0 Å². The lowest BCUT2D eigenvalue weighted by molar-refractivity contribution is -0.162. The molecule has 7 nitrogen and oxygen atoms in total. The third-order valence-electron chi connectivity index (χ3n) is 3.03. The zero-order valence-electron chi connectivity index (χ0n) is 9.12. The van der Waals surface area contributed by atoms with Crippen LogP contribution in [0, 0.1) is 0 Å². The van der Waals surface area contributed by atoms with Crippen molar-refractivity contribution in [1.82, 2.24) is 10.6 Å². The molecule has 0 bridgehead atoms. The number of rotatable bonds is 4. The van der Waals surface area contributed by atoms with Gasteiger partial charge in [0.2, 0.25) is 5.78 Å². The largest absolute Gasteiger partial charge is 0.350 e. The lowest BCUT2D eigenvalue weighted by Crippen LogP contribution is -2.68. The Kier molecular flexibility index (Phi) is 3.24. The molecule has 0 saturated carbocycles. The summed E-state index contributed by atoms with van der Waals surface area (Å²) in [6.45, 7) is 2.26. The summed E-state index contributed by atoms with van der Waals surface area (Å²) in [5, 5.41) is 5.97. The Morgan fingerprint density at radius 1 is 1.06 bits per heavy atom. The molecule has 16 heavy (non-hydrogen) atoms. The van der Waals surface area contributed by atoms with E-state index in [2.05, 4.69) is 10.6 Å². The second-order valence-electron chi connectivity index (χ2n) is 3.94. The van der Waals surface area contributed by atoms with Crippen molar-refractivity contribution >= 4 is 5.78 Å². The molecule has 0 unspecified atom stereocenters. The first-order valence-corrected chi connectivity index (χ1v) is 5.42. The molecule has 6 N–H and O–H groups in total. The van der Waals surface area contributed by atoms with Crippen molar-refractivity contribution in [3.05, 3.63) is 0 Å². The van der Waals surface area contributed by atoms with Crippen LogP contribution in [0.4, 0.5) is 0 Å². The first-order valence-electron chi connectivity index (χ1n) is 5.42. The average molecular weight is 230 g/mol. The monoisotopic (exact) mass is 230 g/mol. The Balaban J connectivity index is 2.21. The third-order valence-corrected chi connectivity index (χ3v) is 3.03. The van der Waals surface area contributed by atoms with Crippen LogP contribution in [0.2, 0.25) is 0 Å². The van der Waals surface area contributed by atoms with Gasteiger partial charge in [0, 0.05) is 26.2 Å². The highest BCUT2D eigenvalue weighted by Crippen LogP contribution is 2.23. The number of hydrogen-bond donors (Lipinski definition) is 4. The van der Waals surface area contributed by atoms with Crippen LogP contribution in [-0.4, -0.2) is 56.6 Å². The summed E-state index contributed by atoms with van der Waals surface area (Å²) < 4.78 is 10.9. The molecule has 2 heterocycles. The minimum Gasteiger partial charge on any atom is -0.350 e. The number of ether oxygens (including phenoxy) is 2. The molecule has 2 fully saturated rings. The van der Waals surface area contributed by atoms with Crippen molar-refractivity contribution in [2.24, 2.45) is 11.5 Å². The highest BCUT2D eigenvalue weighted by atomic mass is 16.6. The third kappa shape index (κ3) is 1.65. The highest BCUT2D eigenvalue weighted by Gasteiger charge is 2.54. The van der Waals surface area contributed by atoms with E-state index in [1.165, 1.54) is 0 Å². The number of carbonyl (C=O) groups is 1. The number of ketones is 1. The van der Waals surface area contributed by atoms with Gasteiger partial charge in [0.15, 0.2) is 11.4 Å². The molecular formula is C9H18N4O3. The number of nitrogens with two attached hydrogens (primary N) is 2. The van der Waals surface area contributed by atoms with Crippen molar-refractivity contribution in [2.45, 2.75) is 11.4 Å². The minimum atomic E-state index is -1.16. The Morgan fingerprint density at radius 3 is 1.75 bits per heavy atom. The van der Waals surface area contributed by atoms with Gasteiger partial charge in [0.25, 0.3) is 0 Å². The number of nitrogens with one attached hydrogen (secondary N) is 2. The van der Waals surface area contributed by atoms with Gasteiger partial charge in [-0.15, -0.1) is 0 Å². The second-order valence-corrected chi connectivity index (χ2v) is 3.94. The number of hydrogen-bond acceptors (Lipinski definition) is 7. The SMILES string of the molecule is NC[C@]1(C(=O)[C@@]2(CN)NCCO2)NCCO1. The summed E-state index contributed by atoms with van der Waals surface area (Å²) >= 11 is 0. The molecular weight excluding hydrogens is 212 g/mol. The second kappa shape index (κ2) is 4.36. The molecule has 0 aromatic heterocycles. The number of Topliss-reactive ketones (excluding diaryl/α,β-unsaturated/α-hetero) is 1. The fraction of sp³-hybridized carbons (Fsp3) is 0.889. The van der Waals surface area contributed by atoms with E-state index in [0.29, 0.717) is 26.3 Å². The topological polar surface area (TPSA) is 112 Å². The maximum Gasteiger partial charge on any atom is 0.228 e. The van der Waals surface area contributed by atoms with Crippen molar-refractivity contribution < 1.29 is 14.3 Å². The molecule has 0 aromatic carbocycles. The Bertz CT molecular complexity index is 246. The molecule has 2 atom stereocenters. The van der Waals surface area contributed by atoms with Crippen molar-refractivity contribution in [1.29, 1.82) is 0 Å². The van der Waals surface area contributed by atoms with Gasteiger partial charge in [-0.2, -0.15) is 0 Å². The van der Waals surface area contributed by atoms with Gasteiger partial charge < -0.3 is 20.9 Å². The van der Waals surface area contributed by atoms with Crippen LogP contribution in [0.15, 0.2) is 0 Å². The van der Waals surface area contributed by atoms with Crippen LogP contribution >= 0.6 is 0 Å². The molecule has 0 aromatic rings. The molecule has 2 rings (SSSR count). The number of carbonyl (C=O) groups excluding carboxylic acids is 1. The van der Waals surface area contributed by atoms with E-state index in [0.717, 1.165) is 0 Å². The summed E-state index contributed by atoms with van der Waals surface area (Å²) in [4.78, 5) is 12.4. The van der Waals surface area contributed by atoms with E-state index in [9.17, 15) is 4.79 Å². The predicted octanol–water partition coefficient (Wildman–Crippen LogP) is -2.89. The van der Waals surface area contributed by atoms with Crippen LogP contribution in [0.5, 0.6) is 0 Å². The first kappa shape index (κ1) is 11.9. The summed E-state index contributed by atoms with van der Waals surface area (Å²) in [5.74, 6) is -0.264. The summed E-state index contributed by atoms with van der Waals surface area (Å²) in [7, 11) is 0. The Morgan fingerprint density at radius 2 is 1.50 bits per heavy atom. The van der Waals surface area contributed by atoms with Crippen LogP contribution < -0.4 is 22.1 Å². The van der Waals surface area contributed by atoms with E-state index in [-0.39, 0.29) is 18.9 Å². The van der Waals surface area contributed by atoms with Crippen LogP contribution in [0.3, 0.4) is 0 Å². The van der Waals surface area contributed by atoms with Gasteiger partial charge in [0.1, 0.15) is 0 Å². The first-order chi connectivity index (χ1) is 7.69. The molecule has 2 aliphatic rings. The Hall–Kier alpha value is -0.570. The molecule has 0 amide bonds. The molecule has 2 aliphatic heterocycles. The maximum atomic E-state index is 12.4. The molecule has 7 heteroatoms. The fourth-order valence-electron chi connectivity index (χ4n) is 2.12. The van der Waals surface area contributed by atoms with E-state index >= 15 is 0 Å². The molecule has 2 saturated heterocycles. The van der Waals surface area contributed by atoms with Gasteiger partial charge in [-0.05, 0) is 0 Å². The zero-order valence-corrected chi connectivity index (χ0v) is 9.12. The molecule has 0 radical (unpaired) electrons. The predicted molar refractivity (Wildman–Crippen MR) is 56.5 cm³/mol. The maximum absolute atomic E-state index is 12.4. The van der Waals surface area contributed by atoms with Crippen LogP contribution in [-0.2, 0) is 14.3 Å². The minimum absolute atomic E-state index is 0.0681. The highest BCUT2D eigenvalue weighted by molar-refractivity contribution is 5.95. The summed E-state index contributed by atoms with van der Waals surface area (Å²) in [5.41, 5.74) is 8.92. The Labute approximate surface area is 93.8 Å². The van der Waals surface area contributed by atoms with Crippen molar-refractivity contribution in [3.8, 4) is 0 Å². The smallest absolute Gasteiger partial charge is 0.228 e. The van der Waals surface area contributed by atoms with E-state index < -0.39 is 11.4 Å². The zero-order chi connectivity index (χ0) is 11.6. The quantitative estimate of drug-likeness (QED) is 0.410. The van der Waals surface area contributed by atoms with Gasteiger partial charge in [0.05, 0.1) is 13.2 Å². The van der Waals surface area contributed by atoms with Gasteiger partial charge >= 0.3 is 0 Å². The average Bonchev–Trinajstić information content (AvgIpc) is 2.99. The van der Waals surface area contributed by atoms with Crippen molar-refractivity contribution in [2.75, 3.05) is 39.4 Å². The summed E-state index contributed by atoms with van der Waals surface area (Å²) in [6, 6.07) is 0. The fourth-order valence-corrected chi connectivity index (χ4v) is 2.12. The van der Waals surface area contributed by atoms with Crippen LogP contribution in [0.1, 0.15) is 0 Å². The summed E-state index contributed by atoms with van der Waals surface area (Å²) in [6.07, 6.45) is 0. The van der Waals surface area contributed by atoms with Crippen LogP contribution in [0.25, 0.3) is 0 Å². The van der Waals surface area contributed by atoms with Gasteiger partial charge in [-0.25, -0.2) is 0 Å². The molecule has 0 aliphatic carbocycles. The van der Waals surface area contributed by atoms with Gasteiger partial charge in [-0.1, -0.05) is 0 Å².